The lowest BCUT2D eigenvalue weighted by Gasteiger charge is -2.43. The lowest BCUT2D eigenvalue weighted by molar-refractivity contribution is -0.0120. The number of guanidine groups is 1. The zero-order valence-electron chi connectivity index (χ0n) is 14.8. The smallest absolute Gasteiger partial charge is 0.191 e. The third kappa shape index (κ3) is 4.65. The maximum absolute atomic E-state index is 13.8. The number of benzene rings is 1. The highest BCUT2D eigenvalue weighted by Gasteiger charge is 2.40. The maximum Gasteiger partial charge on any atom is 0.191 e. The number of nitrogens with zero attached hydrogens (tertiary/aromatic N) is 2. The molecule has 2 N–H and O–H groups in total. The zero-order chi connectivity index (χ0) is 17.5. The van der Waals surface area contributed by atoms with E-state index in [9.17, 15) is 4.39 Å². The minimum atomic E-state index is -0.192. The minimum absolute atomic E-state index is 0.157. The molecular weight excluding hydrogens is 339 g/mol. The van der Waals surface area contributed by atoms with Crippen LogP contribution in [-0.4, -0.2) is 67.8 Å². The number of nitrogens with one attached hydrogen (secondary N) is 2. The van der Waals surface area contributed by atoms with E-state index in [0.29, 0.717) is 18.1 Å². The maximum atomic E-state index is 13.8. The molecule has 0 amide bonds. The highest BCUT2D eigenvalue weighted by atomic mass is 32.2. The van der Waals surface area contributed by atoms with Gasteiger partial charge in [0.15, 0.2) is 5.96 Å². The third-order valence-electron chi connectivity index (χ3n) is 4.98. The van der Waals surface area contributed by atoms with E-state index in [1.807, 2.05) is 17.8 Å². The number of hydrogen-bond donors (Lipinski definition) is 2. The van der Waals surface area contributed by atoms with E-state index in [4.69, 9.17) is 4.74 Å². The first kappa shape index (κ1) is 18.5. The van der Waals surface area contributed by atoms with Crippen LogP contribution in [-0.2, 0) is 11.3 Å². The van der Waals surface area contributed by atoms with E-state index in [2.05, 4.69) is 20.5 Å². The SMILES string of the molecule is CN=C(NCc1ccccc1F)NCC1(N2CCOCC2)CCSC1. The van der Waals surface area contributed by atoms with Crippen molar-refractivity contribution in [2.75, 3.05) is 51.4 Å². The van der Waals surface area contributed by atoms with Gasteiger partial charge in [-0.3, -0.25) is 9.89 Å². The molecule has 0 saturated carbocycles. The number of ether oxygens (including phenoxy) is 1. The second-order valence-corrected chi connectivity index (χ2v) is 7.60. The number of morpholine rings is 1. The van der Waals surface area contributed by atoms with Gasteiger partial charge in [-0.15, -0.1) is 0 Å². The molecule has 25 heavy (non-hydrogen) atoms. The lowest BCUT2D eigenvalue weighted by atomic mass is 9.95. The van der Waals surface area contributed by atoms with Crippen molar-refractivity contribution in [1.29, 1.82) is 0 Å². The van der Waals surface area contributed by atoms with E-state index in [0.717, 1.165) is 38.6 Å². The van der Waals surface area contributed by atoms with Crippen LogP contribution in [0.1, 0.15) is 12.0 Å². The molecular formula is C18H27FN4OS. The van der Waals surface area contributed by atoms with Crippen LogP contribution in [0.5, 0.6) is 0 Å². The van der Waals surface area contributed by atoms with Crippen molar-refractivity contribution >= 4 is 17.7 Å². The Morgan fingerprint density at radius 3 is 2.80 bits per heavy atom. The summed E-state index contributed by atoms with van der Waals surface area (Å²) in [5.74, 6) is 2.85. The Bertz CT molecular complexity index is 586. The van der Waals surface area contributed by atoms with Crippen LogP contribution in [0.25, 0.3) is 0 Å². The summed E-state index contributed by atoms with van der Waals surface area (Å²) in [6.07, 6.45) is 1.18. The molecule has 0 aliphatic carbocycles. The Kier molecular flexibility index (Phi) is 6.56. The molecule has 2 heterocycles. The Labute approximate surface area is 153 Å². The third-order valence-corrected chi connectivity index (χ3v) is 6.21. The van der Waals surface area contributed by atoms with Crippen LogP contribution in [0.3, 0.4) is 0 Å². The van der Waals surface area contributed by atoms with Crippen LogP contribution in [0.2, 0.25) is 0 Å². The summed E-state index contributed by atoms with van der Waals surface area (Å²) in [5.41, 5.74) is 0.800. The predicted molar refractivity (Wildman–Crippen MR) is 102 cm³/mol. The van der Waals surface area contributed by atoms with Crippen molar-refractivity contribution in [3.8, 4) is 0 Å². The molecule has 0 radical (unpaired) electrons. The average molecular weight is 367 g/mol. The molecule has 2 aliphatic heterocycles. The Balaban J connectivity index is 1.56. The first-order valence-corrected chi connectivity index (χ1v) is 9.97. The van der Waals surface area contributed by atoms with Gasteiger partial charge in [-0.05, 0) is 18.2 Å². The highest BCUT2D eigenvalue weighted by Crippen LogP contribution is 2.33. The molecule has 7 heteroatoms. The van der Waals surface area contributed by atoms with E-state index in [1.54, 1.807) is 19.2 Å². The fourth-order valence-corrected chi connectivity index (χ4v) is 4.90. The van der Waals surface area contributed by atoms with Crippen LogP contribution >= 0.6 is 11.8 Å². The molecule has 5 nitrogen and oxygen atoms in total. The van der Waals surface area contributed by atoms with Gasteiger partial charge in [-0.2, -0.15) is 11.8 Å². The number of rotatable bonds is 5. The van der Waals surface area contributed by atoms with Gasteiger partial charge in [-0.1, -0.05) is 18.2 Å². The van der Waals surface area contributed by atoms with E-state index < -0.39 is 0 Å². The highest BCUT2D eigenvalue weighted by molar-refractivity contribution is 7.99. The Morgan fingerprint density at radius 1 is 1.32 bits per heavy atom. The van der Waals surface area contributed by atoms with Gasteiger partial charge < -0.3 is 15.4 Å². The molecule has 0 spiro atoms. The summed E-state index contributed by atoms with van der Waals surface area (Å²) < 4.78 is 19.3. The summed E-state index contributed by atoms with van der Waals surface area (Å²) >= 11 is 2.01. The van der Waals surface area contributed by atoms with Crippen LogP contribution in [0.15, 0.2) is 29.3 Å². The Hall–Kier alpha value is -1.31. The summed E-state index contributed by atoms with van der Waals surface area (Å²) in [4.78, 5) is 6.86. The molecule has 3 rings (SSSR count). The normalized spacial score (nSPS) is 25.1. The largest absolute Gasteiger partial charge is 0.379 e. The average Bonchev–Trinajstić information content (AvgIpc) is 3.14. The van der Waals surface area contributed by atoms with Crippen molar-refractivity contribution in [3.05, 3.63) is 35.6 Å². The fraction of sp³-hybridized carbons (Fsp3) is 0.611. The standard InChI is InChI=1S/C18H27FN4OS/c1-20-17(21-12-15-4-2-3-5-16(15)19)22-13-18(6-11-25-14-18)23-7-9-24-10-8-23/h2-5H,6-14H2,1H3,(H2,20,21,22). The molecule has 1 unspecified atom stereocenters. The first-order chi connectivity index (χ1) is 12.2. The number of thioether (sulfide) groups is 1. The molecule has 2 saturated heterocycles. The van der Waals surface area contributed by atoms with Gasteiger partial charge in [-0.25, -0.2) is 4.39 Å². The number of hydrogen-bond acceptors (Lipinski definition) is 4. The molecule has 138 valence electrons. The molecule has 2 aliphatic rings. The summed E-state index contributed by atoms with van der Waals surface area (Å²) in [5, 5.41) is 6.68. The zero-order valence-corrected chi connectivity index (χ0v) is 15.6. The van der Waals surface area contributed by atoms with Crippen molar-refractivity contribution in [2.45, 2.75) is 18.5 Å². The van der Waals surface area contributed by atoms with Crippen molar-refractivity contribution in [3.63, 3.8) is 0 Å². The molecule has 0 bridgehead atoms. The van der Waals surface area contributed by atoms with E-state index >= 15 is 0 Å². The fourth-order valence-electron chi connectivity index (χ4n) is 3.42. The van der Waals surface area contributed by atoms with Crippen molar-refractivity contribution in [1.82, 2.24) is 15.5 Å². The monoisotopic (exact) mass is 366 g/mol. The summed E-state index contributed by atoms with van der Waals surface area (Å²) in [6, 6.07) is 6.82. The van der Waals surface area contributed by atoms with Gasteiger partial charge in [0.05, 0.1) is 13.2 Å². The topological polar surface area (TPSA) is 48.9 Å². The first-order valence-electron chi connectivity index (χ1n) is 8.82. The van der Waals surface area contributed by atoms with Crippen molar-refractivity contribution in [2.24, 2.45) is 4.99 Å². The predicted octanol–water partition coefficient (Wildman–Crippen LogP) is 1.70. The molecule has 1 aromatic rings. The minimum Gasteiger partial charge on any atom is -0.379 e. The van der Waals surface area contributed by atoms with Gasteiger partial charge in [0.2, 0.25) is 0 Å². The van der Waals surface area contributed by atoms with Crippen LogP contribution in [0, 0.1) is 5.82 Å². The molecule has 1 aromatic carbocycles. The number of halogens is 1. The summed E-state index contributed by atoms with van der Waals surface area (Å²) in [7, 11) is 1.75. The van der Waals surface area contributed by atoms with Gasteiger partial charge in [0.25, 0.3) is 0 Å². The number of aliphatic imine (C=N–C) groups is 1. The van der Waals surface area contributed by atoms with E-state index in [1.165, 1.54) is 18.2 Å². The molecule has 1 atom stereocenters. The van der Waals surface area contributed by atoms with Gasteiger partial charge in [0, 0.05) is 50.1 Å². The Morgan fingerprint density at radius 2 is 2.12 bits per heavy atom. The van der Waals surface area contributed by atoms with Gasteiger partial charge >= 0.3 is 0 Å². The second kappa shape index (κ2) is 8.87. The van der Waals surface area contributed by atoms with Crippen molar-refractivity contribution < 1.29 is 9.13 Å². The molecule has 2 fully saturated rings. The van der Waals surface area contributed by atoms with E-state index in [-0.39, 0.29) is 11.4 Å². The van der Waals surface area contributed by atoms with Gasteiger partial charge in [0.1, 0.15) is 5.82 Å². The van der Waals surface area contributed by atoms with Crippen LogP contribution < -0.4 is 10.6 Å². The quantitative estimate of drug-likeness (QED) is 0.614. The van der Waals surface area contributed by atoms with Crippen LogP contribution in [0.4, 0.5) is 4.39 Å². The summed E-state index contributed by atoms with van der Waals surface area (Å²) in [6.45, 7) is 4.87. The lowest BCUT2D eigenvalue weighted by Crippen LogP contribution is -2.60. The molecule has 0 aromatic heterocycles. The second-order valence-electron chi connectivity index (χ2n) is 6.50.